The average Bonchev–Trinajstić information content (AvgIpc) is 3.00. The summed E-state index contributed by atoms with van der Waals surface area (Å²) in [6, 6.07) is 14.7. The SMILES string of the molecule is CN=C(NCCCN1CCc2ccccc2C1)Nc1ccc2c(c1)OCCCO2.I. The number of rotatable bonds is 5. The first-order chi connectivity index (χ1) is 14.3. The zero-order chi connectivity index (χ0) is 19.9. The molecule has 0 atom stereocenters. The third-order valence-corrected chi connectivity index (χ3v) is 5.39. The molecule has 0 amide bonds. The fourth-order valence-corrected chi connectivity index (χ4v) is 3.81. The lowest BCUT2D eigenvalue weighted by atomic mass is 10.00. The maximum absolute atomic E-state index is 5.76. The van der Waals surface area contributed by atoms with Gasteiger partial charge >= 0.3 is 0 Å². The molecular weight excluding hydrogens is 491 g/mol. The van der Waals surface area contributed by atoms with E-state index in [1.165, 1.54) is 11.1 Å². The Morgan fingerprint density at radius 1 is 1.07 bits per heavy atom. The third-order valence-electron chi connectivity index (χ3n) is 5.39. The van der Waals surface area contributed by atoms with Gasteiger partial charge in [-0.1, -0.05) is 24.3 Å². The first kappa shape index (κ1) is 22.7. The van der Waals surface area contributed by atoms with Crippen LogP contribution in [0.1, 0.15) is 24.0 Å². The van der Waals surface area contributed by atoms with Crippen LogP contribution in [-0.4, -0.2) is 50.8 Å². The van der Waals surface area contributed by atoms with Crippen LogP contribution in [0.25, 0.3) is 0 Å². The Kier molecular flexibility index (Phi) is 8.62. The molecule has 7 heteroatoms. The minimum Gasteiger partial charge on any atom is -0.490 e. The van der Waals surface area contributed by atoms with E-state index in [9.17, 15) is 0 Å². The molecule has 162 valence electrons. The van der Waals surface area contributed by atoms with Gasteiger partial charge in [-0.05, 0) is 36.1 Å². The topological polar surface area (TPSA) is 58.1 Å². The molecule has 0 saturated carbocycles. The van der Waals surface area contributed by atoms with Crippen molar-refractivity contribution < 1.29 is 9.47 Å². The quantitative estimate of drug-likeness (QED) is 0.270. The smallest absolute Gasteiger partial charge is 0.195 e. The van der Waals surface area contributed by atoms with E-state index in [2.05, 4.69) is 44.8 Å². The zero-order valence-electron chi connectivity index (χ0n) is 17.5. The Labute approximate surface area is 196 Å². The molecule has 30 heavy (non-hydrogen) atoms. The minimum atomic E-state index is 0. The summed E-state index contributed by atoms with van der Waals surface area (Å²) in [5, 5.41) is 6.75. The van der Waals surface area contributed by atoms with Crippen LogP contribution in [0.4, 0.5) is 5.69 Å². The van der Waals surface area contributed by atoms with Crippen LogP contribution in [-0.2, 0) is 13.0 Å². The minimum absolute atomic E-state index is 0. The Bertz CT molecular complexity index is 859. The standard InChI is InChI=1S/C23H30N4O2.HI/c1-24-23(26-20-8-9-21-22(16-20)29-15-5-14-28-21)25-11-4-12-27-13-10-18-6-2-3-7-19(18)17-27;/h2-3,6-9,16H,4-5,10-15,17H2,1H3,(H2,24,25,26);1H. The molecule has 0 unspecified atom stereocenters. The highest BCUT2D eigenvalue weighted by molar-refractivity contribution is 14.0. The molecule has 6 nitrogen and oxygen atoms in total. The van der Waals surface area contributed by atoms with Gasteiger partial charge in [-0.15, -0.1) is 24.0 Å². The van der Waals surface area contributed by atoms with Crippen LogP contribution in [0, 0.1) is 0 Å². The summed E-state index contributed by atoms with van der Waals surface area (Å²) in [7, 11) is 1.79. The number of ether oxygens (including phenoxy) is 2. The van der Waals surface area contributed by atoms with E-state index in [1.54, 1.807) is 7.05 Å². The van der Waals surface area contributed by atoms with Crippen molar-refractivity contribution in [3.05, 3.63) is 53.6 Å². The third kappa shape index (κ3) is 6.01. The Morgan fingerprint density at radius 2 is 1.87 bits per heavy atom. The van der Waals surface area contributed by atoms with E-state index in [0.29, 0.717) is 13.2 Å². The Balaban J connectivity index is 0.00000256. The number of benzene rings is 2. The summed E-state index contributed by atoms with van der Waals surface area (Å²) < 4.78 is 11.5. The van der Waals surface area contributed by atoms with Crippen molar-refractivity contribution in [3.8, 4) is 11.5 Å². The maximum atomic E-state index is 5.76. The van der Waals surface area contributed by atoms with E-state index in [4.69, 9.17) is 9.47 Å². The first-order valence-corrected chi connectivity index (χ1v) is 10.5. The summed E-state index contributed by atoms with van der Waals surface area (Å²) in [5.74, 6) is 2.36. The van der Waals surface area contributed by atoms with Gasteiger partial charge in [-0.3, -0.25) is 9.89 Å². The maximum Gasteiger partial charge on any atom is 0.195 e. The van der Waals surface area contributed by atoms with Gasteiger partial charge in [0.2, 0.25) is 0 Å². The predicted octanol–water partition coefficient (Wildman–Crippen LogP) is 3.90. The molecule has 0 aliphatic carbocycles. The number of hydrogen-bond acceptors (Lipinski definition) is 4. The Hall–Kier alpha value is -2.00. The molecule has 2 N–H and O–H groups in total. The number of nitrogens with zero attached hydrogens (tertiary/aromatic N) is 2. The molecule has 0 radical (unpaired) electrons. The van der Waals surface area contributed by atoms with Crippen LogP contribution >= 0.6 is 24.0 Å². The number of halogens is 1. The molecule has 0 bridgehead atoms. The molecule has 0 saturated heterocycles. The number of anilines is 1. The molecule has 2 aliphatic heterocycles. The molecular formula is C23H31IN4O2. The van der Waals surface area contributed by atoms with E-state index < -0.39 is 0 Å². The average molecular weight is 522 g/mol. The second-order valence-corrected chi connectivity index (χ2v) is 7.48. The summed E-state index contributed by atoms with van der Waals surface area (Å²) in [5.41, 5.74) is 3.91. The van der Waals surface area contributed by atoms with Gasteiger partial charge in [0.1, 0.15) is 0 Å². The van der Waals surface area contributed by atoms with E-state index in [1.807, 2.05) is 18.2 Å². The normalized spacial score (nSPS) is 16.1. The van der Waals surface area contributed by atoms with Crippen LogP contribution in [0.3, 0.4) is 0 Å². The monoisotopic (exact) mass is 522 g/mol. The lowest BCUT2D eigenvalue weighted by Gasteiger charge is -2.28. The summed E-state index contributed by atoms with van der Waals surface area (Å²) in [6.45, 7) is 5.54. The number of fused-ring (bicyclic) bond motifs is 2. The first-order valence-electron chi connectivity index (χ1n) is 10.5. The summed E-state index contributed by atoms with van der Waals surface area (Å²) in [4.78, 5) is 6.87. The molecule has 2 aromatic rings. The summed E-state index contributed by atoms with van der Waals surface area (Å²) >= 11 is 0. The predicted molar refractivity (Wildman–Crippen MR) is 132 cm³/mol. The lowest BCUT2D eigenvalue weighted by Crippen LogP contribution is -2.35. The summed E-state index contributed by atoms with van der Waals surface area (Å²) in [6.07, 6.45) is 3.13. The Morgan fingerprint density at radius 3 is 2.70 bits per heavy atom. The van der Waals surface area contributed by atoms with Crippen LogP contribution in [0.2, 0.25) is 0 Å². The van der Waals surface area contributed by atoms with Crippen molar-refractivity contribution in [2.24, 2.45) is 4.99 Å². The molecule has 0 spiro atoms. The van der Waals surface area contributed by atoms with Crippen LogP contribution in [0.15, 0.2) is 47.5 Å². The van der Waals surface area contributed by atoms with Crippen LogP contribution < -0.4 is 20.1 Å². The van der Waals surface area contributed by atoms with Gasteiger partial charge in [-0.2, -0.15) is 0 Å². The van der Waals surface area contributed by atoms with Crippen molar-refractivity contribution in [3.63, 3.8) is 0 Å². The van der Waals surface area contributed by atoms with Crippen LogP contribution in [0.5, 0.6) is 11.5 Å². The molecule has 2 aromatic carbocycles. The number of hydrogen-bond donors (Lipinski definition) is 2. The van der Waals surface area contributed by atoms with E-state index in [-0.39, 0.29) is 24.0 Å². The molecule has 0 fully saturated rings. The van der Waals surface area contributed by atoms with Gasteiger partial charge in [-0.25, -0.2) is 0 Å². The van der Waals surface area contributed by atoms with Crippen molar-refractivity contribution in [1.29, 1.82) is 0 Å². The zero-order valence-corrected chi connectivity index (χ0v) is 19.9. The fraction of sp³-hybridized carbons (Fsp3) is 0.435. The molecule has 4 rings (SSSR count). The largest absolute Gasteiger partial charge is 0.490 e. The van der Waals surface area contributed by atoms with Gasteiger partial charge in [0.25, 0.3) is 0 Å². The van der Waals surface area contributed by atoms with Crippen molar-refractivity contribution >= 4 is 35.6 Å². The molecule has 2 aliphatic rings. The highest BCUT2D eigenvalue weighted by atomic mass is 127. The highest BCUT2D eigenvalue weighted by Gasteiger charge is 2.15. The van der Waals surface area contributed by atoms with E-state index >= 15 is 0 Å². The molecule has 0 aromatic heterocycles. The van der Waals surface area contributed by atoms with Crippen molar-refractivity contribution in [2.45, 2.75) is 25.8 Å². The molecule has 2 heterocycles. The van der Waals surface area contributed by atoms with Crippen molar-refractivity contribution in [2.75, 3.05) is 45.2 Å². The van der Waals surface area contributed by atoms with Gasteiger partial charge in [0, 0.05) is 51.4 Å². The number of nitrogens with one attached hydrogen (secondary N) is 2. The number of aliphatic imine (C=N–C) groups is 1. The van der Waals surface area contributed by atoms with Gasteiger partial charge < -0.3 is 20.1 Å². The highest BCUT2D eigenvalue weighted by Crippen LogP contribution is 2.32. The van der Waals surface area contributed by atoms with Crippen molar-refractivity contribution in [1.82, 2.24) is 10.2 Å². The van der Waals surface area contributed by atoms with Gasteiger partial charge in [0.05, 0.1) is 13.2 Å². The number of guanidine groups is 1. The second kappa shape index (κ2) is 11.4. The van der Waals surface area contributed by atoms with E-state index in [0.717, 1.165) is 68.6 Å². The lowest BCUT2D eigenvalue weighted by molar-refractivity contribution is 0.251. The second-order valence-electron chi connectivity index (χ2n) is 7.48. The fourth-order valence-electron chi connectivity index (χ4n) is 3.81. The van der Waals surface area contributed by atoms with Gasteiger partial charge in [0.15, 0.2) is 17.5 Å².